The average molecular weight is 212 g/mol. The van der Waals surface area contributed by atoms with Crippen LogP contribution in [0.3, 0.4) is 0 Å². The Morgan fingerprint density at radius 2 is 2.20 bits per heavy atom. The number of nitrogens with zero attached hydrogens (tertiary/aromatic N) is 1. The topological polar surface area (TPSA) is 24.5 Å². The predicted octanol–water partition coefficient (Wildman–Crippen LogP) is 1.10. The van der Waals surface area contributed by atoms with Crippen molar-refractivity contribution < 1.29 is 4.74 Å². The molecule has 3 heteroatoms. The Labute approximate surface area is 93.2 Å². The number of hydrogen-bond donors (Lipinski definition) is 1. The number of nitrogens with one attached hydrogen (secondary N) is 1. The van der Waals surface area contributed by atoms with Crippen LogP contribution in [0.4, 0.5) is 0 Å². The molecule has 1 atom stereocenters. The van der Waals surface area contributed by atoms with Gasteiger partial charge in [-0.3, -0.25) is 4.90 Å². The van der Waals surface area contributed by atoms with Gasteiger partial charge in [-0.1, -0.05) is 6.92 Å². The molecule has 1 saturated heterocycles. The monoisotopic (exact) mass is 212 g/mol. The van der Waals surface area contributed by atoms with E-state index in [1.807, 2.05) is 0 Å². The third-order valence-electron chi connectivity index (χ3n) is 3.43. The molecule has 1 aliphatic heterocycles. The molecule has 0 bridgehead atoms. The van der Waals surface area contributed by atoms with Crippen LogP contribution in [-0.4, -0.2) is 50.3 Å². The van der Waals surface area contributed by atoms with Crippen molar-refractivity contribution in [3.63, 3.8) is 0 Å². The van der Waals surface area contributed by atoms with Gasteiger partial charge >= 0.3 is 0 Å². The van der Waals surface area contributed by atoms with Crippen LogP contribution in [0.15, 0.2) is 0 Å². The summed E-state index contributed by atoms with van der Waals surface area (Å²) in [6.07, 6.45) is 4.06. The van der Waals surface area contributed by atoms with Gasteiger partial charge in [0, 0.05) is 32.3 Å². The fraction of sp³-hybridized carbons (Fsp3) is 1.00. The van der Waals surface area contributed by atoms with Crippen LogP contribution in [-0.2, 0) is 4.74 Å². The lowest BCUT2D eigenvalue weighted by Crippen LogP contribution is -2.43. The number of likely N-dealkylation sites (N-methyl/N-ethyl adjacent to an activating group) is 1. The molecule has 1 N–H and O–H groups in total. The van der Waals surface area contributed by atoms with Gasteiger partial charge in [0.2, 0.25) is 0 Å². The maximum Gasteiger partial charge on any atom is 0.0593 e. The van der Waals surface area contributed by atoms with Crippen LogP contribution in [0.5, 0.6) is 0 Å². The molecule has 88 valence electrons. The highest BCUT2D eigenvalue weighted by Gasteiger charge is 2.31. The predicted molar refractivity (Wildman–Crippen MR) is 62.1 cm³/mol. The summed E-state index contributed by atoms with van der Waals surface area (Å²) in [4.78, 5) is 2.57. The van der Waals surface area contributed by atoms with Gasteiger partial charge in [0.1, 0.15) is 0 Å². The standard InChI is InChI=1S/C12H24N2O/c1-2-13-12(11-4-5-11)10-14-6-3-8-15-9-7-14/h11-13H,2-10H2,1H3. The first kappa shape index (κ1) is 11.4. The Kier molecular flexibility index (Phi) is 4.42. The van der Waals surface area contributed by atoms with E-state index in [-0.39, 0.29) is 0 Å². The van der Waals surface area contributed by atoms with Crippen LogP contribution in [0.1, 0.15) is 26.2 Å². The Balaban J connectivity index is 1.75. The Morgan fingerprint density at radius 1 is 1.33 bits per heavy atom. The summed E-state index contributed by atoms with van der Waals surface area (Å²) in [6, 6.07) is 0.730. The van der Waals surface area contributed by atoms with Gasteiger partial charge in [-0.05, 0) is 31.7 Å². The summed E-state index contributed by atoms with van der Waals surface area (Å²) in [5.74, 6) is 0.953. The van der Waals surface area contributed by atoms with E-state index in [0.717, 1.165) is 38.3 Å². The summed E-state index contributed by atoms with van der Waals surface area (Å²) in [5, 5.41) is 3.63. The molecule has 1 aliphatic carbocycles. The molecule has 0 aromatic rings. The molecule has 2 aliphatic rings. The highest BCUT2D eigenvalue weighted by atomic mass is 16.5. The fourth-order valence-corrected chi connectivity index (χ4v) is 2.40. The minimum Gasteiger partial charge on any atom is -0.380 e. The Hall–Kier alpha value is -0.120. The lowest BCUT2D eigenvalue weighted by Gasteiger charge is -2.26. The molecule has 2 rings (SSSR count). The number of rotatable bonds is 5. The Morgan fingerprint density at radius 3 is 2.93 bits per heavy atom. The molecule has 1 unspecified atom stereocenters. The van der Waals surface area contributed by atoms with Crippen molar-refractivity contribution in [2.24, 2.45) is 5.92 Å². The molecule has 15 heavy (non-hydrogen) atoms. The SMILES string of the molecule is CCNC(CN1CCCOCC1)C1CC1. The third kappa shape index (κ3) is 3.74. The summed E-state index contributed by atoms with van der Waals surface area (Å²) >= 11 is 0. The highest BCUT2D eigenvalue weighted by Crippen LogP contribution is 2.33. The second-order valence-corrected chi connectivity index (χ2v) is 4.77. The van der Waals surface area contributed by atoms with Gasteiger partial charge in [0.15, 0.2) is 0 Å². The van der Waals surface area contributed by atoms with Crippen LogP contribution < -0.4 is 5.32 Å². The molecule has 0 radical (unpaired) electrons. The first-order valence-electron chi connectivity index (χ1n) is 6.43. The van der Waals surface area contributed by atoms with Gasteiger partial charge in [-0.25, -0.2) is 0 Å². The van der Waals surface area contributed by atoms with Gasteiger partial charge in [-0.15, -0.1) is 0 Å². The van der Waals surface area contributed by atoms with E-state index in [0.29, 0.717) is 0 Å². The normalized spacial score (nSPS) is 26.2. The first-order valence-corrected chi connectivity index (χ1v) is 6.43. The highest BCUT2D eigenvalue weighted by molar-refractivity contribution is 4.88. The molecule has 0 amide bonds. The average Bonchev–Trinajstić information content (AvgIpc) is 3.05. The second-order valence-electron chi connectivity index (χ2n) is 4.77. The van der Waals surface area contributed by atoms with Crippen LogP contribution in [0, 0.1) is 5.92 Å². The quantitative estimate of drug-likeness (QED) is 0.738. The van der Waals surface area contributed by atoms with Crippen molar-refractivity contribution in [3.05, 3.63) is 0 Å². The maximum atomic E-state index is 5.48. The third-order valence-corrected chi connectivity index (χ3v) is 3.43. The van der Waals surface area contributed by atoms with Crippen LogP contribution in [0.25, 0.3) is 0 Å². The first-order chi connectivity index (χ1) is 7.40. The van der Waals surface area contributed by atoms with Crippen molar-refractivity contribution >= 4 is 0 Å². The molecule has 3 nitrogen and oxygen atoms in total. The van der Waals surface area contributed by atoms with E-state index < -0.39 is 0 Å². The van der Waals surface area contributed by atoms with Crippen molar-refractivity contribution in [2.45, 2.75) is 32.2 Å². The van der Waals surface area contributed by atoms with Gasteiger partial charge < -0.3 is 10.1 Å². The van der Waals surface area contributed by atoms with Gasteiger partial charge in [0.25, 0.3) is 0 Å². The zero-order valence-electron chi connectivity index (χ0n) is 9.87. The maximum absolute atomic E-state index is 5.48. The fourth-order valence-electron chi connectivity index (χ4n) is 2.40. The lowest BCUT2D eigenvalue weighted by atomic mass is 10.1. The second kappa shape index (κ2) is 5.83. The Bertz CT molecular complexity index is 174. The zero-order chi connectivity index (χ0) is 10.5. The number of ether oxygens (including phenoxy) is 1. The van der Waals surface area contributed by atoms with Gasteiger partial charge in [-0.2, -0.15) is 0 Å². The van der Waals surface area contributed by atoms with E-state index in [1.165, 1.54) is 32.4 Å². The molecule has 2 fully saturated rings. The van der Waals surface area contributed by atoms with E-state index in [1.54, 1.807) is 0 Å². The molecule has 0 spiro atoms. The van der Waals surface area contributed by atoms with Crippen LogP contribution in [0.2, 0.25) is 0 Å². The number of hydrogen-bond acceptors (Lipinski definition) is 3. The molecular weight excluding hydrogens is 188 g/mol. The molecular formula is C12H24N2O. The van der Waals surface area contributed by atoms with Crippen molar-refractivity contribution in [3.8, 4) is 0 Å². The summed E-state index contributed by atoms with van der Waals surface area (Å²) in [5.41, 5.74) is 0. The molecule has 1 saturated carbocycles. The van der Waals surface area contributed by atoms with Gasteiger partial charge in [0.05, 0.1) is 6.61 Å². The van der Waals surface area contributed by atoms with Crippen molar-refractivity contribution in [1.82, 2.24) is 10.2 Å². The lowest BCUT2D eigenvalue weighted by molar-refractivity contribution is 0.138. The minimum absolute atomic E-state index is 0.730. The van der Waals surface area contributed by atoms with E-state index >= 15 is 0 Å². The smallest absolute Gasteiger partial charge is 0.0593 e. The van der Waals surface area contributed by atoms with Crippen molar-refractivity contribution in [2.75, 3.05) is 39.4 Å². The largest absolute Gasteiger partial charge is 0.380 e. The van der Waals surface area contributed by atoms with Crippen molar-refractivity contribution in [1.29, 1.82) is 0 Å². The van der Waals surface area contributed by atoms with E-state index in [4.69, 9.17) is 4.74 Å². The summed E-state index contributed by atoms with van der Waals surface area (Å²) in [7, 11) is 0. The zero-order valence-corrected chi connectivity index (χ0v) is 9.87. The molecule has 0 aromatic heterocycles. The summed E-state index contributed by atoms with van der Waals surface area (Å²) < 4.78 is 5.48. The minimum atomic E-state index is 0.730. The summed E-state index contributed by atoms with van der Waals surface area (Å²) in [6.45, 7) is 8.74. The van der Waals surface area contributed by atoms with E-state index in [2.05, 4.69) is 17.1 Å². The molecule has 0 aromatic carbocycles. The van der Waals surface area contributed by atoms with E-state index in [9.17, 15) is 0 Å². The van der Waals surface area contributed by atoms with Crippen LogP contribution >= 0.6 is 0 Å². The molecule has 1 heterocycles.